The van der Waals surface area contributed by atoms with E-state index in [9.17, 15) is 14.4 Å². The van der Waals surface area contributed by atoms with Gasteiger partial charge in [-0.15, -0.1) is 0 Å². The molecule has 3 amide bonds. The largest absolute Gasteiger partial charge is 0.370 e. The van der Waals surface area contributed by atoms with Crippen molar-refractivity contribution in [2.45, 2.75) is 38.3 Å². The van der Waals surface area contributed by atoms with Crippen LogP contribution in [0.3, 0.4) is 0 Å². The maximum absolute atomic E-state index is 13.0. The SMILES string of the molecule is Cc1ccc(C(=O)N[C@@H](CCCN=C(N)N)C(=O)N[C@@H](Cc2ccccc2)C(N)=O)cc1. The Balaban J connectivity index is 2.11. The maximum Gasteiger partial charge on any atom is 0.251 e. The van der Waals surface area contributed by atoms with Crippen LogP contribution in [0.25, 0.3) is 0 Å². The first-order valence-electron chi connectivity index (χ1n) is 10.3. The standard InChI is InChI=1S/C23H30N6O3/c1-15-9-11-17(12-10-15)21(31)28-18(8-5-13-27-23(25)26)22(32)29-19(20(24)30)14-16-6-3-2-4-7-16/h2-4,6-7,9-12,18-19H,5,8,13-14H2,1H3,(H2,24,30)(H,28,31)(H,29,32)(H4,25,26,27)/t18-,19-/m0/s1. The summed E-state index contributed by atoms with van der Waals surface area (Å²) in [5, 5.41) is 5.40. The van der Waals surface area contributed by atoms with Crippen molar-refractivity contribution < 1.29 is 14.4 Å². The molecule has 0 spiro atoms. The predicted octanol–water partition coefficient (Wildman–Crippen LogP) is 0.360. The van der Waals surface area contributed by atoms with Gasteiger partial charge in [0.2, 0.25) is 11.8 Å². The zero-order valence-electron chi connectivity index (χ0n) is 18.1. The minimum absolute atomic E-state index is 0.0497. The van der Waals surface area contributed by atoms with E-state index in [1.165, 1.54) is 0 Å². The van der Waals surface area contributed by atoms with Crippen molar-refractivity contribution in [1.82, 2.24) is 10.6 Å². The molecule has 0 saturated carbocycles. The topological polar surface area (TPSA) is 166 Å². The van der Waals surface area contributed by atoms with Gasteiger partial charge in [0.1, 0.15) is 12.1 Å². The molecule has 0 saturated heterocycles. The third-order valence-electron chi connectivity index (χ3n) is 4.82. The Bertz CT molecular complexity index is 940. The number of hydrogen-bond donors (Lipinski definition) is 5. The summed E-state index contributed by atoms with van der Waals surface area (Å²) in [6, 6.07) is 14.4. The molecule has 2 rings (SSSR count). The second kappa shape index (κ2) is 12.1. The molecule has 32 heavy (non-hydrogen) atoms. The molecule has 9 heteroatoms. The molecule has 2 aromatic carbocycles. The predicted molar refractivity (Wildman–Crippen MR) is 124 cm³/mol. The lowest BCUT2D eigenvalue weighted by Crippen LogP contribution is -2.53. The van der Waals surface area contributed by atoms with E-state index in [0.29, 0.717) is 18.5 Å². The molecule has 2 atom stereocenters. The summed E-state index contributed by atoms with van der Waals surface area (Å²) in [6.07, 6.45) is 0.968. The third kappa shape index (κ3) is 8.10. The van der Waals surface area contributed by atoms with Crippen molar-refractivity contribution in [2.75, 3.05) is 6.54 Å². The summed E-state index contributed by atoms with van der Waals surface area (Å²) in [6.45, 7) is 2.22. The van der Waals surface area contributed by atoms with Crippen molar-refractivity contribution in [1.29, 1.82) is 0 Å². The highest BCUT2D eigenvalue weighted by molar-refractivity contribution is 5.98. The molecule has 0 aromatic heterocycles. The Morgan fingerprint density at radius 3 is 2.16 bits per heavy atom. The van der Waals surface area contributed by atoms with Crippen molar-refractivity contribution >= 4 is 23.7 Å². The molecule has 0 aliphatic heterocycles. The highest BCUT2D eigenvalue weighted by Gasteiger charge is 2.26. The molecule has 0 aliphatic carbocycles. The van der Waals surface area contributed by atoms with E-state index in [2.05, 4.69) is 15.6 Å². The Morgan fingerprint density at radius 2 is 1.56 bits per heavy atom. The van der Waals surface area contributed by atoms with Crippen LogP contribution in [0.4, 0.5) is 0 Å². The molecular formula is C23H30N6O3. The number of nitrogens with one attached hydrogen (secondary N) is 2. The van der Waals surface area contributed by atoms with Crippen LogP contribution >= 0.6 is 0 Å². The van der Waals surface area contributed by atoms with Crippen LogP contribution in [0.15, 0.2) is 59.6 Å². The molecule has 0 heterocycles. The van der Waals surface area contributed by atoms with Gasteiger partial charge in [-0.2, -0.15) is 0 Å². The van der Waals surface area contributed by atoms with Gasteiger partial charge in [0.25, 0.3) is 5.91 Å². The second-order valence-corrected chi connectivity index (χ2v) is 7.49. The molecule has 0 fully saturated rings. The van der Waals surface area contributed by atoms with Gasteiger partial charge >= 0.3 is 0 Å². The second-order valence-electron chi connectivity index (χ2n) is 7.49. The van der Waals surface area contributed by atoms with Gasteiger partial charge in [0.05, 0.1) is 0 Å². The van der Waals surface area contributed by atoms with E-state index in [0.717, 1.165) is 11.1 Å². The smallest absolute Gasteiger partial charge is 0.251 e. The van der Waals surface area contributed by atoms with Crippen molar-refractivity contribution in [3.8, 4) is 0 Å². The van der Waals surface area contributed by atoms with Gasteiger partial charge in [0, 0.05) is 18.5 Å². The molecule has 0 bridgehead atoms. The molecule has 2 aromatic rings. The van der Waals surface area contributed by atoms with Crippen LogP contribution in [0.1, 0.15) is 34.3 Å². The van der Waals surface area contributed by atoms with E-state index in [1.54, 1.807) is 12.1 Å². The van der Waals surface area contributed by atoms with Gasteiger partial charge in [-0.05, 0) is 37.5 Å². The van der Waals surface area contributed by atoms with E-state index >= 15 is 0 Å². The third-order valence-corrected chi connectivity index (χ3v) is 4.82. The van der Waals surface area contributed by atoms with Crippen LogP contribution < -0.4 is 27.8 Å². The number of hydrogen-bond acceptors (Lipinski definition) is 4. The molecule has 0 aliphatic rings. The van der Waals surface area contributed by atoms with Gasteiger partial charge < -0.3 is 27.8 Å². The Morgan fingerprint density at radius 1 is 0.906 bits per heavy atom. The summed E-state index contributed by atoms with van der Waals surface area (Å²) in [4.78, 5) is 41.5. The molecule has 170 valence electrons. The summed E-state index contributed by atoms with van der Waals surface area (Å²) in [5.41, 5.74) is 18.5. The van der Waals surface area contributed by atoms with E-state index in [4.69, 9.17) is 17.2 Å². The fourth-order valence-electron chi connectivity index (χ4n) is 3.06. The minimum Gasteiger partial charge on any atom is -0.370 e. The number of aliphatic imine (C=N–C) groups is 1. The summed E-state index contributed by atoms with van der Waals surface area (Å²) >= 11 is 0. The van der Waals surface area contributed by atoms with Crippen LogP contribution in [0.5, 0.6) is 0 Å². The van der Waals surface area contributed by atoms with Gasteiger partial charge in [-0.25, -0.2) is 0 Å². The number of nitrogens with zero attached hydrogens (tertiary/aromatic N) is 1. The Kier molecular flexibility index (Phi) is 9.22. The molecule has 9 nitrogen and oxygen atoms in total. The number of aryl methyl sites for hydroxylation is 1. The van der Waals surface area contributed by atoms with Crippen molar-refractivity contribution in [2.24, 2.45) is 22.2 Å². The number of benzene rings is 2. The molecule has 0 unspecified atom stereocenters. The molecular weight excluding hydrogens is 408 g/mol. The van der Waals surface area contributed by atoms with Crippen LogP contribution in [-0.2, 0) is 16.0 Å². The number of rotatable bonds is 11. The van der Waals surface area contributed by atoms with Crippen LogP contribution in [0, 0.1) is 6.92 Å². The average molecular weight is 439 g/mol. The zero-order chi connectivity index (χ0) is 23.5. The van der Waals surface area contributed by atoms with Crippen molar-refractivity contribution in [3.05, 3.63) is 71.3 Å². The summed E-state index contributed by atoms with van der Waals surface area (Å²) in [5.74, 6) is -1.61. The van der Waals surface area contributed by atoms with Gasteiger partial charge in [-0.1, -0.05) is 48.0 Å². The maximum atomic E-state index is 13.0. The van der Waals surface area contributed by atoms with Crippen molar-refractivity contribution in [3.63, 3.8) is 0 Å². The number of guanidine groups is 1. The highest BCUT2D eigenvalue weighted by Crippen LogP contribution is 2.08. The van der Waals surface area contributed by atoms with E-state index in [-0.39, 0.29) is 18.8 Å². The first kappa shape index (κ1) is 24.4. The lowest BCUT2D eigenvalue weighted by atomic mass is 10.0. The number of amides is 3. The van der Waals surface area contributed by atoms with Crippen LogP contribution in [0.2, 0.25) is 0 Å². The Hall–Kier alpha value is -3.88. The highest BCUT2D eigenvalue weighted by atomic mass is 16.2. The Labute approximate surface area is 187 Å². The number of primary amides is 1. The van der Waals surface area contributed by atoms with Gasteiger partial charge in [0.15, 0.2) is 5.96 Å². The monoisotopic (exact) mass is 438 g/mol. The number of carbonyl (C=O) groups excluding carboxylic acids is 3. The molecule has 0 radical (unpaired) electrons. The quantitative estimate of drug-likeness (QED) is 0.194. The summed E-state index contributed by atoms with van der Waals surface area (Å²) < 4.78 is 0. The normalized spacial score (nSPS) is 12.3. The minimum atomic E-state index is -0.915. The van der Waals surface area contributed by atoms with E-state index in [1.807, 2.05) is 49.4 Å². The lowest BCUT2D eigenvalue weighted by Gasteiger charge is -2.22. The fraction of sp³-hybridized carbons (Fsp3) is 0.304. The zero-order valence-corrected chi connectivity index (χ0v) is 18.1. The first-order valence-corrected chi connectivity index (χ1v) is 10.3. The number of carbonyl (C=O) groups is 3. The number of nitrogens with two attached hydrogens (primary N) is 3. The van der Waals surface area contributed by atoms with Crippen LogP contribution in [-0.4, -0.2) is 42.3 Å². The fourth-order valence-corrected chi connectivity index (χ4v) is 3.06. The molecule has 8 N–H and O–H groups in total. The lowest BCUT2D eigenvalue weighted by molar-refractivity contribution is -0.128. The average Bonchev–Trinajstić information content (AvgIpc) is 2.76. The van der Waals surface area contributed by atoms with Gasteiger partial charge in [-0.3, -0.25) is 19.4 Å². The summed E-state index contributed by atoms with van der Waals surface area (Å²) in [7, 11) is 0. The first-order chi connectivity index (χ1) is 15.3. The van der Waals surface area contributed by atoms with E-state index < -0.39 is 29.8 Å².